The molecule has 7 nitrogen and oxygen atoms in total. The summed E-state index contributed by atoms with van der Waals surface area (Å²) in [5.41, 5.74) is 0. The topological polar surface area (TPSA) is 66.4 Å². The first kappa shape index (κ1) is 24.7. The number of aliphatic imine (C=N–C) groups is 1. The van der Waals surface area contributed by atoms with Crippen LogP contribution in [-0.4, -0.2) is 86.4 Å². The van der Waals surface area contributed by atoms with Gasteiger partial charge in [0.2, 0.25) is 5.91 Å². The first-order chi connectivity index (χ1) is 13.8. The van der Waals surface area contributed by atoms with E-state index < -0.39 is 0 Å². The number of carbonyl (C=O) groups excluding carboxylic acids is 1. The average molecular weight is 522 g/mol. The van der Waals surface area contributed by atoms with Gasteiger partial charge in [0.1, 0.15) is 0 Å². The molecule has 3 aliphatic heterocycles. The Morgan fingerprint density at radius 3 is 2.48 bits per heavy atom. The van der Waals surface area contributed by atoms with Crippen LogP contribution in [0.1, 0.15) is 58.3 Å². The molecule has 3 heterocycles. The van der Waals surface area contributed by atoms with E-state index in [1.807, 2.05) is 4.90 Å². The third kappa shape index (κ3) is 8.20. The van der Waals surface area contributed by atoms with E-state index in [1.54, 1.807) is 0 Å². The summed E-state index contributed by atoms with van der Waals surface area (Å²) >= 11 is 0. The van der Waals surface area contributed by atoms with Crippen molar-refractivity contribution in [3.8, 4) is 0 Å². The van der Waals surface area contributed by atoms with Gasteiger partial charge in [-0.25, -0.2) is 0 Å². The molecule has 3 saturated heterocycles. The fourth-order valence-electron chi connectivity index (χ4n) is 4.22. The van der Waals surface area contributed by atoms with Crippen LogP contribution >= 0.6 is 24.0 Å². The zero-order valence-electron chi connectivity index (χ0n) is 17.9. The number of nitrogens with one attached hydrogen (secondary N) is 1. The molecule has 0 aromatic rings. The summed E-state index contributed by atoms with van der Waals surface area (Å²) in [6, 6.07) is 0. The number of hydrogen-bond acceptors (Lipinski definition) is 4. The lowest BCUT2D eigenvalue weighted by molar-refractivity contribution is -0.129. The van der Waals surface area contributed by atoms with Gasteiger partial charge in [0.15, 0.2) is 5.96 Å². The van der Waals surface area contributed by atoms with Gasteiger partial charge in [-0.15, -0.1) is 24.0 Å². The van der Waals surface area contributed by atoms with Crippen molar-refractivity contribution in [3.05, 3.63) is 0 Å². The van der Waals surface area contributed by atoms with E-state index in [-0.39, 0.29) is 29.9 Å². The van der Waals surface area contributed by atoms with Gasteiger partial charge in [-0.05, 0) is 51.9 Å². The Kier molecular flexibility index (Phi) is 11.6. The van der Waals surface area contributed by atoms with Crippen molar-refractivity contribution in [3.63, 3.8) is 0 Å². The molecule has 0 spiro atoms. The maximum atomic E-state index is 12.2. The maximum Gasteiger partial charge on any atom is 0.224 e. The van der Waals surface area contributed by atoms with Crippen LogP contribution in [0.4, 0.5) is 0 Å². The van der Waals surface area contributed by atoms with Crippen molar-refractivity contribution < 1.29 is 14.3 Å². The molecule has 0 aromatic heterocycles. The van der Waals surface area contributed by atoms with Crippen LogP contribution in [0.15, 0.2) is 4.99 Å². The van der Waals surface area contributed by atoms with Crippen LogP contribution in [0, 0.1) is 0 Å². The zero-order chi connectivity index (χ0) is 19.6. The van der Waals surface area contributed by atoms with E-state index in [2.05, 4.69) is 17.1 Å². The van der Waals surface area contributed by atoms with Crippen molar-refractivity contribution in [2.45, 2.75) is 70.5 Å². The number of piperidine rings is 1. The summed E-state index contributed by atoms with van der Waals surface area (Å²) in [7, 11) is 0. The lowest BCUT2D eigenvalue weighted by Gasteiger charge is -2.35. The van der Waals surface area contributed by atoms with Crippen LogP contribution < -0.4 is 5.32 Å². The number of hydrogen-bond donors (Lipinski definition) is 1. The van der Waals surface area contributed by atoms with E-state index in [0.29, 0.717) is 25.2 Å². The second-order valence-corrected chi connectivity index (χ2v) is 8.08. The molecular weight excluding hydrogens is 483 g/mol. The number of amides is 1. The van der Waals surface area contributed by atoms with Crippen LogP contribution in [0.25, 0.3) is 0 Å². The van der Waals surface area contributed by atoms with Crippen LogP contribution in [0.2, 0.25) is 0 Å². The molecule has 1 unspecified atom stereocenters. The van der Waals surface area contributed by atoms with Gasteiger partial charge in [-0.3, -0.25) is 9.79 Å². The number of rotatable bonds is 7. The molecule has 0 aromatic carbocycles. The molecule has 3 aliphatic rings. The Morgan fingerprint density at radius 2 is 1.83 bits per heavy atom. The van der Waals surface area contributed by atoms with Crippen LogP contribution in [0.3, 0.4) is 0 Å². The van der Waals surface area contributed by atoms with E-state index >= 15 is 0 Å². The highest BCUT2D eigenvalue weighted by molar-refractivity contribution is 14.0. The summed E-state index contributed by atoms with van der Waals surface area (Å²) in [5, 5.41) is 3.38. The van der Waals surface area contributed by atoms with Crippen molar-refractivity contribution in [1.82, 2.24) is 15.1 Å². The van der Waals surface area contributed by atoms with Crippen molar-refractivity contribution in [2.75, 3.05) is 52.5 Å². The molecule has 1 N–H and O–H groups in total. The standard InChI is InChI=1S/C21H38N4O3.HI/c1-2-22-21(23-11-8-20(26)24-12-4-5-13-24)25-14-9-18(10-15-25)28-17-19-7-3-6-16-27-19;/h18-19H,2-17H2,1H3,(H,22,23);1H. The largest absolute Gasteiger partial charge is 0.376 e. The molecular formula is C21H39IN4O3. The van der Waals surface area contributed by atoms with Crippen molar-refractivity contribution in [1.29, 1.82) is 0 Å². The highest BCUT2D eigenvalue weighted by atomic mass is 127. The molecule has 8 heteroatoms. The number of guanidine groups is 1. The van der Waals surface area contributed by atoms with Crippen molar-refractivity contribution in [2.24, 2.45) is 4.99 Å². The first-order valence-electron chi connectivity index (χ1n) is 11.3. The zero-order valence-corrected chi connectivity index (χ0v) is 20.3. The van der Waals surface area contributed by atoms with E-state index in [4.69, 9.17) is 14.5 Å². The summed E-state index contributed by atoms with van der Waals surface area (Å²) in [6.45, 7) is 8.84. The Bertz CT molecular complexity index is 500. The number of likely N-dealkylation sites (tertiary alicyclic amines) is 2. The molecule has 0 bridgehead atoms. The van der Waals surface area contributed by atoms with Crippen LogP contribution in [0.5, 0.6) is 0 Å². The van der Waals surface area contributed by atoms with Crippen LogP contribution in [-0.2, 0) is 14.3 Å². The predicted molar refractivity (Wildman–Crippen MR) is 126 cm³/mol. The Morgan fingerprint density at radius 1 is 1.07 bits per heavy atom. The fraction of sp³-hybridized carbons (Fsp3) is 0.905. The predicted octanol–water partition coefficient (Wildman–Crippen LogP) is 2.63. The minimum absolute atomic E-state index is 0. The Hall–Kier alpha value is -0.610. The molecule has 0 aliphatic carbocycles. The van der Waals surface area contributed by atoms with Gasteiger partial charge in [-0.2, -0.15) is 0 Å². The van der Waals surface area contributed by atoms with Crippen molar-refractivity contribution >= 4 is 35.8 Å². The van der Waals surface area contributed by atoms with Gasteiger partial charge in [0.05, 0.1) is 25.4 Å². The minimum atomic E-state index is 0. The molecule has 0 radical (unpaired) electrons. The van der Waals surface area contributed by atoms with Gasteiger partial charge in [-0.1, -0.05) is 0 Å². The molecule has 1 amide bonds. The molecule has 29 heavy (non-hydrogen) atoms. The van der Waals surface area contributed by atoms with Gasteiger partial charge in [0.25, 0.3) is 0 Å². The summed E-state index contributed by atoms with van der Waals surface area (Å²) in [5.74, 6) is 1.18. The molecule has 1 atom stereocenters. The van der Waals surface area contributed by atoms with Gasteiger partial charge < -0.3 is 24.6 Å². The fourth-order valence-corrected chi connectivity index (χ4v) is 4.22. The van der Waals surface area contributed by atoms with Gasteiger partial charge in [0, 0.05) is 45.8 Å². The Labute approximate surface area is 193 Å². The summed E-state index contributed by atoms with van der Waals surface area (Å²) in [4.78, 5) is 21.2. The molecule has 168 valence electrons. The summed E-state index contributed by atoms with van der Waals surface area (Å²) < 4.78 is 11.9. The SMILES string of the molecule is CCNC(=NCCC(=O)N1CCCC1)N1CCC(OCC2CCCCO2)CC1.I. The number of nitrogens with zero attached hydrogens (tertiary/aromatic N) is 3. The Balaban J connectivity index is 0.00000300. The first-order valence-corrected chi connectivity index (χ1v) is 11.3. The second kappa shape index (κ2) is 13.6. The van der Waals surface area contributed by atoms with E-state index in [0.717, 1.165) is 84.0 Å². The lowest BCUT2D eigenvalue weighted by atomic mass is 10.1. The van der Waals surface area contributed by atoms with Gasteiger partial charge >= 0.3 is 0 Å². The highest BCUT2D eigenvalue weighted by Crippen LogP contribution is 2.18. The quantitative estimate of drug-likeness (QED) is 0.317. The average Bonchev–Trinajstić information content (AvgIpc) is 3.28. The summed E-state index contributed by atoms with van der Waals surface area (Å²) in [6.07, 6.45) is 9.01. The minimum Gasteiger partial charge on any atom is -0.376 e. The lowest BCUT2D eigenvalue weighted by Crippen LogP contribution is -2.47. The number of halogens is 1. The van der Waals surface area contributed by atoms with E-state index in [1.165, 1.54) is 12.8 Å². The third-order valence-electron chi connectivity index (χ3n) is 5.91. The highest BCUT2D eigenvalue weighted by Gasteiger charge is 2.24. The third-order valence-corrected chi connectivity index (χ3v) is 5.91. The number of ether oxygens (including phenoxy) is 2. The number of carbonyl (C=O) groups is 1. The maximum absolute atomic E-state index is 12.2. The monoisotopic (exact) mass is 522 g/mol. The molecule has 3 rings (SSSR count). The molecule has 3 fully saturated rings. The smallest absolute Gasteiger partial charge is 0.224 e. The molecule has 0 saturated carbocycles. The second-order valence-electron chi connectivity index (χ2n) is 8.08. The normalized spacial score (nSPS) is 23.8. The van der Waals surface area contributed by atoms with E-state index in [9.17, 15) is 4.79 Å².